The predicted molar refractivity (Wildman–Crippen MR) is 103 cm³/mol. The van der Waals surface area contributed by atoms with Crippen molar-refractivity contribution in [3.63, 3.8) is 0 Å². The van der Waals surface area contributed by atoms with Crippen molar-refractivity contribution in [2.45, 2.75) is 19.4 Å². The minimum absolute atomic E-state index is 0.294. The van der Waals surface area contributed by atoms with Crippen LogP contribution in [0.4, 0.5) is 0 Å². The molecule has 0 aliphatic heterocycles. The molecule has 0 radical (unpaired) electrons. The molecule has 0 aliphatic carbocycles. The highest BCUT2D eigenvalue weighted by molar-refractivity contribution is 14.1. The first kappa shape index (κ1) is 19.0. The number of rotatable bonds is 7. The number of benzene rings is 2. The zero-order valence-corrected chi connectivity index (χ0v) is 16.1. The Morgan fingerprint density at radius 3 is 2.32 bits per heavy atom. The van der Waals surface area contributed by atoms with E-state index in [0.717, 1.165) is 14.9 Å². The summed E-state index contributed by atoms with van der Waals surface area (Å²) in [7, 11) is 1.61. The van der Waals surface area contributed by atoms with Crippen molar-refractivity contribution in [1.29, 1.82) is 0 Å². The monoisotopic (exact) mass is 454 g/mol. The first-order valence-electron chi connectivity index (χ1n) is 7.56. The summed E-state index contributed by atoms with van der Waals surface area (Å²) in [5.74, 6) is 1.29. The van der Waals surface area contributed by atoms with E-state index in [4.69, 9.17) is 15.2 Å². The van der Waals surface area contributed by atoms with E-state index in [1.54, 1.807) is 7.11 Å². The number of nitrogens with one attached hydrogen (secondary N) is 1. The maximum atomic E-state index is 11.5. The van der Waals surface area contributed by atoms with Crippen LogP contribution in [0.2, 0.25) is 0 Å². The zero-order chi connectivity index (χ0) is 18.4. The predicted octanol–water partition coefficient (Wildman–Crippen LogP) is 2.62. The number of nitrogens with two attached hydrogens (primary N) is 1. The van der Waals surface area contributed by atoms with Gasteiger partial charge in [-0.1, -0.05) is 6.07 Å². The number of amides is 2. The van der Waals surface area contributed by atoms with Crippen LogP contribution >= 0.6 is 22.6 Å². The maximum absolute atomic E-state index is 11.5. The highest BCUT2D eigenvalue weighted by Crippen LogP contribution is 2.29. The number of carbonyl (C=O) groups is 2. The second-order valence-electron chi connectivity index (χ2n) is 5.40. The molecule has 0 aromatic heterocycles. The molecule has 25 heavy (non-hydrogen) atoms. The summed E-state index contributed by atoms with van der Waals surface area (Å²) in [6.07, 6.45) is 0.327. The number of halogens is 1. The van der Waals surface area contributed by atoms with Crippen molar-refractivity contribution >= 4 is 34.4 Å². The van der Waals surface area contributed by atoms with Gasteiger partial charge in [-0.25, -0.2) is 0 Å². The fourth-order valence-electron chi connectivity index (χ4n) is 2.23. The normalized spacial score (nSPS) is 11.5. The number of hydrogen-bond acceptors (Lipinski definition) is 4. The molecule has 1 unspecified atom stereocenters. The highest BCUT2D eigenvalue weighted by atomic mass is 127. The van der Waals surface area contributed by atoms with Gasteiger partial charge in [0.1, 0.15) is 23.3 Å². The minimum atomic E-state index is -0.735. The molecule has 132 valence electrons. The molecule has 2 rings (SSSR count). The van der Waals surface area contributed by atoms with Crippen molar-refractivity contribution in [3.8, 4) is 17.2 Å². The second-order valence-corrected chi connectivity index (χ2v) is 6.56. The second kappa shape index (κ2) is 8.70. The van der Waals surface area contributed by atoms with Gasteiger partial charge in [0.05, 0.1) is 10.7 Å². The van der Waals surface area contributed by atoms with Gasteiger partial charge in [-0.15, -0.1) is 0 Å². The summed E-state index contributed by atoms with van der Waals surface area (Å²) in [6, 6.07) is 12.1. The Labute approximate surface area is 159 Å². The van der Waals surface area contributed by atoms with Crippen molar-refractivity contribution < 1.29 is 19.1 Å². The van der Waals surface area contributed by atoms with Gasteiger partial charge in [0, 0.05) is 13.3 Å². The Morgan fingerprint density at radius 1 is 1.16 bits per heavy atom. The SMILES string of the molecule is COc1ccc(Oc2ccc(CC(NC(C)=O)C(N)=O)cc2I)cc1. The smallest absolute Gasteiger partial charge is 0.240 e. The van der Waals surface area contributed by atoms with E-state index in [2.05, 4.69) is 27.9 Å². The number of carbonyl (C=O) groups excluding carboxylic acids is 2. The Morgan fingerprint density at radius 2 is 1.80 bits per heavy atom. The molecule has 2 aromatic carbocycles. The third-order valence-corrected chi connectivity index (χ3v) is 4.29. The molecule has 2 amide bonds. The van der Waals surface area contributed by atoms with E-state index in [0.29, 0.717) is 17.9 Å². The molecular formula is C18H19IN2O4. The van der Waals surface area contributed by atoms with Crippen LogP contribution in [-0.4, -0.2) is 25.0 Å². The molecule has 0 heterocycles. The van der Waals surface area contributed by atoms with Gasteiger partial charge in [-0.3, -0.25) is 9.59 Å². The molecule has 2 aromatic rings. The largest absolute Gasteiger partial charge is 0.497 e. The lowest BCUT2D eigenvalue weighted by atomic mass is 10.1. The highest BCUT2D eigenvalue weighted by Gasteiger charge is 2.17. The fraction of sp³-hybridized carbons (Fsp3) is 0.222. The minimum Gasteiger partial charge on any atom is -0.497 e. The molecule has 0 saturated heterocycles. The van der Waals surface area contributed by atoms with Crippen LogP contribution in [0.25, 0.3) is 0 Å². The lowest BCUT2D eigenvalue weighted by molar-refractivity contribution is -0.126. The number of ether oxygens (including phenoxy) is 2. The standard InChI is InChI=1S/C18H19IN2O4/c1-11(22)21-16(18(20)23)10-12-3-8-17(15(19)9-12)25-14-6-4-13(24-2)5-7-14/h3-9,16H,10H2,1-2H3,(H2,20,23)(H,21,22). The van der Waals surface area contributed by atoms with Gasteiger partial charge in [0.2, 0.25) is 11.8 Å². The van der Waals surface area contributed by atoms with Gasteiger partial charge in [-0.05, 0) is 64.6 Å². The van der Waals surface area contributed by atoms with E-state index in [-0.39, 0.29) is 5.91 Å². The molecular weight excluding hydrogens is 435 g/mol. The summed E-state index contributed by atoms with van der Waals surface area (Å²) >= 11 is 2.16. The van der Waals surface area contributed by atoms with Gasteiger partial charge in [0.15, 0.2) is 0 Å². The summed E-state index contributed by atoms with van der Waals surface area (Å²) < 4.78 is 11.9. The summed E-state index contributed by atoms with van der Waals surface area (Å²) in [4.78, 5) is 22.6. The lowest BCUT2D eigenvalue weighted by Gasteiger charge is -2.15. The summed E-state index contributed by atoms with van der Waals surface area (Å²) in [5, 5.41) is 2.55. The lowest BCUT2D eigenvalue weighted by Crippen LogP contribution is -2.45. The quantitative estimate of drug-likeness (QED) is 0.630. The maximum Gasteiger partial charge on any atom is 0.240 e. The van der Waals surface area contributed by atoms with Crippen molar-refractivity contribution in [1.82, 2.24) is 5.32 Å². The molecule has 6 nitrogen and oxygen atoms in total. The zero-order valence-electron chi connectivity index (χ0n) is 13.9. The summed E-state index contributed by atoms with van der Waals surface area (Å²) in [6.45, 7) is 1.35. The van der Waals surface area contributed by atoms with Crippen LogP contribution in [0, 0.1) is 3.57 Å². The van der Waals surface area contributed by atoms with Gasteiger partial charge in [-0.2, -0.15) is 0 Å². The fourth-order valence-corrected chi connectivity index (χ4v) is 2.92. The Balaban J connectivity index is 2.10. The molecule has 0 fully saturated rings. The van der Waals surface area contributed by atoms with Crippen LogP contribution in [0.1, 0.15) is 12.5 Å². The molecule has 1 atom stereocenters. The molecule has 0 spiro atoms. The Kier molecular flexibility index (Phi) is 6.63. The average molecular weight is 454 g/mol. The number of methoxy groups -OCH3 is 1. The molecule has 0 aliphatic rings. The van der Waals surface area contributed by atoms with Crippen molar-refractivity contribution in [3.05, 3.63) is 51.6 Å². The van der Waals surface area contributed by atoms with E-state index in [1.165, 1.54) is 6.92 Å². The van der Waals surface area contributed by atoms with Crippen molar-refractivity contribution in [2.24, 2.45) is 5.73 Å². The molecule has 3 N–H and O–H groups in total. The Bertz CT molecular complexity index is 762. The average Bonchev–Trinajstić information content (AvgIpc) is 2.57. The number of hydrogen-bond donors (Lipinski definition) is 2. The first-order valence-corrected chi connectivity index (χ1v) is 8.63. The topological polar surface area (TPSA) is 90.7 Å². The van der Waals surface area contributed by atoms with Gasteiger partial charge < -0.3 is 20.5 Å². The summed E-state index contributed by atoms with van der Waals surface area (Å²) in [5.41, 5.74) is 6.21. The molecule has 7 heteroatoms. The van der Waals surface area contributed by atoms with Gasteiger partial charge in [0.25, 0.3) is 0 Å². The van der Waals surface area contributed by atoms with E-state index in [1.807, 2.05) is 42.5 Å². The molecule has 0 saturated carbocycles. The van der Waals surface area contributed by atoms with Crippen LogP contribution in [0.5, 0.6) is 17.2 Å². The number of primary amides is 1. The third kappa shape index (κ3) is 5.63. The van der Waals surface area contributed by atoms with E-state index < -0.39 is 11.9 Å². The van der Waals surface area contributed by atoms with Crippen molar-refractivity contribution in [2.75, 3.05) is 7.11 Å². The molecule has 0 bridgehead atoms. The van der Waals surface area contributed by atoms with Crippen LogP contribution < -0.4 is 20.5 Å². The Hall–Kier alpha value is -2.29. The third-order valence-electron chi connectivity index (χ3n) is 3.44. The first-order chi connectivity index (χ1) is 11.9. The van der Waals surface area contributed by atoms with Crippen LogP contribution in [0.15, 0.2) is 42.5 Å². The van der Waals surface area contributed by atoms with Crippen LogP contribution in [0.3, 0.4) is 0 Å². The van der Waals surface area contributed by atoms with Gasteiger partial charge >= 0.3 is 0 Å². The van der Waals surface area contributed by atoms with E-state index >= 15 is 0 Å². The van der Waals surface area contributed by atoms with Crippen LogP contribution in [-0.2, 0) is 16.0 Å². The van der Waals surface area contributed by atoms with E-state index in [9.17, 15) is 9.59 Å².